The maximum absolute atomic E-state index is 6.47. The summed E-state index contributed by atoms with van der Waals surface area (Å²) < 4.78 is 12.4. The Hall–Kier alpha value is -2.66. The fourth-order valence-corrected chi connectivity index (χ4v) is 6.33. The highest BCUT2D eigenvalue weighted by Gasteiger charge is 2.20. The Morgan fingerprint density at radius 1 is 0.676 bits per heavy atom. The fraction of sp³-hybridized carbons (Fsp3) is 0.500. The summed E-state index contributed by atoms with van der Waals surface area (Å²) in [5.41, 5.74) is 4.56. The van der Waals surface area contributed by atoms with Gasteiger partial charge in [-0.15, -0.1) is 0 Å². The average molecular weight is 519 g/mol. The molecule has 5 heteroatoms. The number of aromatic nitrogens is 2. The van der Waals surface area contributed by atoms with Crippen LogP contribution in [0.2, 0.25) is 13.1 Å². The van der Waals surface area contributed by atoms with E-state index >= 15 is 0 Å². The molecule has 0 aliphatic rings. The number of hydrogen-bond acceptors (Lipinski definition) is 4. The summed E-state index contributed by atoms with van der Waals surface area (Å²) in [6, 6.07) is 12.7. The zero-order valence-electron chi connectivity index (χ0n) is 23.7. The van der Waals surface area contributed by atoms with Gasteiger partial charge >= 0.3 is 0 Å². The van der Waals surface area contributed by atoms with Crippen molar-refractivity contribution in [2.24, 2.45) is 0 Å². The standard InChI is InChI=1S/C32H46N2O2Si/c1-6-9-12-13-22-35-28-18-15-25(16-19-28)27-23-33-32(34-24-27)29-20-17-26(14-10-7-2)31(37(4)5)30(29)36-21-11-8-3/h15-20,23-24,37H,6-14,21-22H2,1-5H3. The van der Waals surface area contributed by atoms with E-state index in [0.29, 0.717) is 0 Å². The van der Waals surface area contributed by atoms with Crippen molar-refractivity contribution in [3.05, 3.63) is 54.4 Å². The van der Waals surface area contributed by atoms with Crippen molar-refractivity contribution < 1.29 is 9.47 Å². The minimum atomic E-state index is -1.12. The summed E-state index contributed by atoms with van der Waals surface area (Å²) in [4.78, 5) is 9.60. The van der Waals surface area contributed by atoms with E-state index in [0.717, 1.165) is 72.9 Å². The van der Waals surface area contributed by atoms with Crippen molar-refractivity contribution >= 4 is 14.0 Å². The Morgan fingerprint density at radius 2 is 1.35 bits per heavy atom. The molecule has 0 radical (unpaired) electrons. The van der Waals surface area contributed by atoms with Gasteiger partial charge in [0.1, 0.15) is 11.5 Å². The number of aryl methyl sites for hydroxylation is 1. The molecule has 0 bridgehead atoms. The molecule has 0 unspecified atom stereocenters. The van der Waals surface area contributed by atoms with E-state index < -0.39 is 8.80 Å². The quantitative estimate of drug-likeness (QED) is 0.142. The Balaban J connectivity index is 1.81. The third-order valence-electron chi connectivity index (χ3n) is 6.75. The van der Waals surface area contributed by atoms with Crippen LogP contribution in [-0.4, -0.2) is 32.0 Å². The van der Waals surface area contributed by atoms with Crippen molar-refractivity contribution in [3.63, 3.8) is 0 Å². The lowest BCUT2D eigenvalue weighted by molar-refractivity contribution is 0.305. The van der Waals surface area contributed by atoms with Gasteiger partial charge in [-0.3, -0.25) is 0 Å². The van der Waals surface area contributed by atoms with Crippen LogP contribution < -0.4 is 14.7 Å². The van der Waals surface area contributed by atoms with Crippen LogP contribution in [0, 0.1) is 0 Å². The van der Waals surface area contributed by atoms with E-state index in [4.69, 9.17) is 19.4 Å². The normalized spacial score (nSPS) is 11.2. The maximum atomic E-state index is 6.47. The maximum Gasteiger partial charge on any atom is 0.162 e. The van der Waals surface area contributed by atoms with Crippen LogP contribution in [0.25, 0.3) is 22.5 Å². The molecule has 0 saturated carbocycles. The Labute approximate surface area is 226 Å². The summed E-state index contributed by atoms with van der Waals surface area (Å²) in [7, 11) is -1.12. The molecule has 1 heterocycles. The molecule has 0 aliphatic carbocycles. The monoisotopic (exact) mass is 518 g/mol. The number of ether oxygens (including phenoxy) is 2. The fourth-order valence-electron chi connectivity index (χ4n) is 4.59. The molecule has 2 aromatic carbocycles. The van der Waals surface area contributed by atoms with Crippen LogP contribution in [-0.2, 0) is 6.42 Å². The number of benzene rings is 2. The highest BCUT2D eigenvalue weighted by Crippen LogP contribution is 2.30. The largest absolute Gasteiger partial charge is 0.494 e. The van der Waals surface area contributed by atoms with Gasteiger partial charge in [-0.25, -0.2) is 9.97 Å². The summed E-state index contributed by atoms with van der Waals surface area (Å²) in [5.74, 6) is 2.68. The van der Waals surface area contributed by atoms with Gasteiger partial charge in [0.25, 0.3) is 0 Å². The molecule has 0 fully saturated rings. The molecule has 0 amide bonds. The van der Waals surface area contributed by atoms with Crippen molar-refractivity contribution in [1.82, 2.24) is 9.97 Å². The first-order valence-corrected chi connectivity index (χ1v) is 17.3. The Morgan fingerprint density at radius 3 is 2.00 bits per heavy atom. The van der Waals surface area contributed by atoms with E-state index in [2.05, 4.69) is 58.1 Å². The highest BCUT2D eigenvalue weighted by molar-refractivity contribution is 6.72. The molecule has 1 aromatic heterocycles. The molecule has 3 rings (SSSR count). The second kappa shape index (κ2) is 15.6. The molecule has 0 spiro atoms. The van der Waals surface area contributed by atoms with Crippen LogP contribution in [0.1, 0.15) is 77.7 Å². The third-order valence-corrected chi connectivity index (χ3v) is 8.54. The van der Waals surface area contributed by atoms with Crippen LogP contribution in [0.5, 0.6) is 11.5 Å². The van der Waals surface area contributed by atoms with Crippen LogP contribution >= 0.6 is 0 Å². The van der Waals surface area contributed by atoms with Gasteiger partial charge < -0.3 is 9.47 Å². The predicted octanol–water partition coefficient (Wildman–Crippen LogP) is 7.98. The van der Waals surface area contributed by atoms with Gasteiger partial charge in [0.15, 0.2) is 5.82 Å². The zero-order valence-corrected chi connectivity index (χ0v) is 24.8. The van der Waals surface area contributed by atoms with Gasteiger partial charge in [-0.1, -0.05) is 84.2 Å². The van der Waals surface area contributed by atoms with Crippen LogP contribution in [0.15, 0.2) is 48.8 Å². The molecule has 0 atom stereocenters. The van der Waals surface area contributed by atoms with Crippen molar-refractivity contribution in [3.8, 4) is 34.0 Å². The molecule has 3 aromatic rings. The van der Waals surface area contributed by atoms with E-state index in [1.54, 1.807) is 0 Å². The third kappa shape index (κ3) is 8.42. The van der Waals surface area contributed by atoms with Gasteiger partial charge in [-0.05, 0) is 60.2 Å². The van der Waals surface area contributed by atoms with Crippen molar-refractivity contribution in [2.75, 3.05) is 13.2 Å². The summed E-state index contributed by atoms with van der Waals surface area (Å²) in [6.45, 7) is 13.0. The van der Waals surface area contributed by atoms with Gasteiger partial charge in [0.2, 0.25) is 0 Å². The first-order chi connectivity index (χ1) is 18.1. The Kier molecular flexibility index (Phi) is 12.2. The second-order valence-electron chi connectivity index (χ2n) is 10.2. The summed E-state index contributed by atoms with van der Waals surface area (Å²) in [5, 5.41) is 1.44. The van der Waals surface area contributed by atoms with E-state index in [9.17, 15) is 0 Å². The van der Waals surface area contributed by atoms with Crippen molar-refractivity contribution in [2.45, 2.75) is 91.7 Å². The average Bonchev–Trinajstić information content (AvgIpc) is 2.92. The molecule has 200 valence electrons. The minimum absolute atomic E-state index is 0.736. The minimum Gasteiger partial charge on any atom is -0.494 e. The van der Waals surface area contributed by atoms with Crippen LogP contribution in [0.3, 0.4) is 0 Å². The molecule has 37 heavy (non-hydrogen) atoms. The number of nitrogens with zero attached hydrogens (tertiary/aromatic N) is 2. The lowest BCUT2D eigenvalue weighted by Gasteiger charge is -2.21. The molecule has 4 nitrogen and oxygen atoms in total. The van der Waals surface area contributed by atoms with E-state index in [-0.39, 0.29) is 0 Å². The Bertz CT molecular complexity index is 1070. The SMILES string of the molecule is CCCCCCOc1ccc(-c2cnc(-c3ccc(CCCC)c([SiH](C)C)c3OCCCC)nc2)cc1. The number of rotatable bonds is 16. The summed E-state index contributed by atoms with van der Waals surface area (Å²) in [6.07, 6.45) is 14.4. The lowest BCUT2D eigenvalue weighted by atomic mass is 10.0. The van der Waals surface area contributed by atoms with Gasteiger partial charge in [-0.2, -0.15) is 0 Å². The summed E-state index contributed by atoms with van der Waals surface area (Å²) >= 11 is 0. The molecular weight excluding hydrogens is 472 g/mol. The molecule has 0 saturated heterocycles. The second-order valence-corrected chi connectivity index (χ2v) is 13.1. The molecular formula is C32H46N2O2Si. The predicted molar refractivity (Wildman–Crippen MR) is 160 cm³/mol. The lowest BCUT2D eigenvalue weighted by Crippen LogP contribution is -2.30. The first-order valence-electron chi connectivity index (χ1n) is 14.4. The smallest absolute Gasteiger partial charge is 0.162 e. The number of unbranched alkanes of at least 4 members (excludes halogenated alkanes) is 5. The van der Waals surface area contributed by atoms with E-state index in [1.807, 2.05) is 24.5 Å². The first kappa shape index (κ1) is 28.9. The number of hydrogen-bond donors (Lipinski definition) is 0. The zero-order chi connectivity index (χ0) is 26.5. The van der Waals surface area contributed by atoms with Crippen molar-refractivity contribution in [1.29, 1.82) is 0 Å². The molecule has 0 N–H and O–H groups in total. The topological polar surface area (TPSA) is 44.2 Å². The highest BCUT2D eigenvalue weighted by atomic mass is 28.3. The van der Waals surface area contributed by atoms with Crippen LogP contribution in [0.4, 0.5) is 0 Å². The molecule has 0 aliphatic heterocycles. The van der Waals surface area contributed by atoms with Gasteiger partial charge in [0.05, 0.1) is 27.6 Å². The van der Waals surface area contributed by atoms with Gasteiger partial charge in [0, 0.05) is 18.0 Å². The van der Waals surface area contributed by atoms with E-state index in [1.165, 1.54) is 42.9 Å².